The van der Waals surface area contributed by atoms with Crippen molar-refractivity contribution in [2.24, 2.45) is 5.73 Å². The summed E-state index contributed by atoms with van der Waals surface area (Å²) >= 11 is 5.78. The first kappa shape index (κ1) is 14.5. The van der Waals surface area contributed by atoms with Gasteiger partial charge in [0.15, 0.2) is 5.82 Å². The van der Waals surface area contributed by atoms with E-state index in [0.717, 1.165) is 18.4 Å². The van der Waals surface area contributed by atoms with Crippen LogP contribution in [0.4, 0.5) is 4.39 Å². The molecular weight excluding hydrogens is 321 g/mol. The Balaban J connectivity index is 1.97. The van der Waals surface area contributed by atoms with Gasteiger partial charge < -0.3 is 10.5 Å². The molecule has 2 aromatic rings. The van der Waals surface area contributed by atoms with Crippen molar-refractivity contribution in [1.82, 2.24) is 9.97 Å². The second-order valence-corrected chi connectivity index (χ2v) is 6.23. The molecule has 2 bridgehead atoms. The van der Waals surface area contributed by atoms with Gasteiger partial charge in [-0.1, -0.05) is 11.6 Å². The summed E-state index contributed by atoms with van der Waals surface area (Å²) in [5.74, 6) is -1.20. The number of hydrogen-bond donors (Lipinski definition) is 1. The first-order valence-electron chi connectivity index (χ1n) is 7.33. The summed E-state index contributed by atoms with van der Waals surface area (Å²) in [7, 11) is 0. The third-order valence-corrected chi connectivity index (χ3v) is 4.52. The molecule has 0 saturated carbocycles. The number of fused-ring (bicyclic) bond motifs is 4. The van der Waals surface area contributed by atoms with Gasteiger partial charge in [-0.3, -0.25) is 9.78 Å². The molecule has 0 spiro atoms. The van der Waals surface area contributed by atoms with E-state index in [2.05, 4.69) is 9.97 Å². The lowest BCUT2D eigenvalue weighted by Crippen LogP contribution is -2.23. The molecule has 2 N–H and O–H groups in total. The van der Waals surface area contributed by atoms with Gasteiger partial charge in [-0.2, -0.15) is 0 Å². The number of hydrogen-bond acceptors (Lipinski definition) is 4. The van der Waals surface area contributed by atoms with Crippen molar-refractivity contribution in [3.63, 3.8) is 0 Å². The number of carbonyl (C=O) groups is 1. The van der Waals surface area contributed by atoms with Crippen LogP contribution >= 0.6 is 11.6 Å². The first-order chi connectivity index (χ1) is 11.0. The number of halogens is 2. The van der Waals surface area contributed by atoms with Crippen LogP contribution in [0.25, 0.3) is 11.3 Å². The molecule has 2 atom stereocenters. The SMILES string of the molecule is NC(=O)c1cc(-c2ncc(Cl)cc2F)c2c(n1)[C@@H]1CC[C@H](C2)O1. The van der Waals surface area contributed by atoms with Gasteiger partial charge in [-0.15, -0.1) is 0 Å². The summed E-state index contributed by atoms with van der Waals surface area (Å²) < 4.78 is 20.2. The fraction of sp³-hybridized carbons (Fsp3) is 0.312. The highest BCUT2D eigenvalue weighted by Crippen LogP contribution is 2.43. The van der Waals surface area contributed by atoms with Crippen LogP contribution in [-0.2, 0) is 11.2 Å². The second kappa shape index (κ2) is 5.25. The van der Waals surface area contributed by atoms with E-state index in [1.807, 2.05) is 0 Å². The zero-order chi connectivity index (χ0) is 16.1. The van der Waals surface area contributed by atoms with Gasteiger partial charge in [-0.25, -0.2) is 9.37 Å². The van der Waals surface area contributed by atoms with Gasteiger partial charge in [0.05, 0.1) is 16.8 Å². The Kier molecular flexibility index (Phi) is 3.32. The van der Waals surface area contributed by atoms with Gasteiger partial charge in [-0.05, 0) is 30.5 Å². The maximum Gasteiger partial charge on any atom is 0.267 e. The number of nitrogens with zero attached hydrogens (tertiary/aromatic N) is 2. The quantitative estimate of drug-likeness (QED) is 0.916. The molecule has 7 heteroatoms. The van der Waals surface area contributed by atoms with E-state index < -0.39 is 11.7 Å². The molecule has 5 nitrogen and oxygen atoms in total. The van der Waals surface area contributed by atoms with E-state index in [1.165, 1.54) is 18.3 Å². The zero-order valence-electron chi connectivity index (χ0n) is 12.1. The van der Waals surface area contributed by atoms with Gasteiger partial charge >= 0.3 is 0 Å². The molecule has 1 fully saturated rings. The molecule has 23 heavy (non-hydrogen) atoms. The summed E-state index contributed by atoms with van der Waals surface area (Å²) in [4.78, 5) is 20.0. The molecule has 0 radical (unpaired) electrons. The van der Waals surface area contributed by atoms with Crippen LogP contribution < -0.4 is 5.73 Å². The topological polar surface area (TPSA) is 78.1 Å². The Morgan fingerprint density at radius 1 is 1.39 bits per heavy atom. The van der Waals surface area contributed by atoms with Crippen LogP contribution in [0.1, 0.15) is 40.7 Å². The van der Waals surface area contributed by atoms with Crippen molar-refractivity contribution in [2.75, 3.05) is 0 Å². The average Bonchev–Trinajstić information content (AvgIpc) is 2.89. The third-order valence-electron chi connectivity index (χ3n) is 4.32. The van der Waals surface area contributed by atoms with Crippen molar-refractivity contribution < 1.29 is 13.9 Å². The normalized spacial score (nSPS) is 22.0. The van der Waals surface area contributed by atoms with E-state index in [9.17, 15) is 9.18 Å². The number of rotatable bonds is 2. The van der Waals surface area contributed by atoms with Gasteiger partial charge in [0, 0.05) is 18.2 Å². The van der Waals surface area contributed by atoms with E-state index in [1.54, 1.807) is 0 Å². The minimum atomic E-state index is -0.663. The summed E-state index contributed by atoms with van der Waals surface area (Å²) in [6, 6.07) is 2.71. The molecule has 4 heterocycles. The molecule has 4 rings (SSSR count). The Labute approximate surface area is 136 Å². The molecular formula is C16H13ClFN3O2. The maximum absolute atomic E-state index is 14.3. The highest BCUT2D eigenvalue weighted by molar-refractivity contribution is 6.30. The third kappa shape index (κ3) is 2.38. The van der Waals surface area contributed by atoms with Crippen LogP contribution in [-0.4, -0.2) is 22.0 Å². The number of aromatic nitrogens is 2. The van der Waals surface area contributed by atoms with Crippen LogP contribution in [0.15, 0.2) is 18.3 Å². The first-order valence-corrected chi connectivity index (χ1v) is 7.71. The minimum Gasteiger partial charge on any atom is -0.368 e. The van der Waals surface area contributed by atoms with Crippen LogP contribution in [0.2, 0.25) is 5.02 Å². The van der Waals surface area contributed by atoms with E-state index in [-0.39, 0.29) is 28.6 Å². The summed E-state index contributed by atoms with van der Waals surface area (Å²) in [5, 5.41) is 0.215. The lowest BCUT2D eigenvalue weighted by atomic mass is 9.94. The van der Waals surface area contributed by atoms with Crippen molar-refractivity contribution in [2.45, 2.75) is 31.5 Å². The Morgan fingerprint density at radius 2 is 2.22 bits per heavy atom. The molecule has 1 saturated heterocycles. The lowest BCUT2D eigenvalue weighted by molar-refractivity contribution is 0.0295. The minimum absolute atomic E-state index is 0.0869. The largest absolute Gasteiger partial charge is 0.368 e. The van der Waals surface area contributed by atoms with Crippen molar-refractivity contribution in [3.05, 3.63) is 46.1 Å². The Hall–Kier alpha value is -2.05. The highest BCUT2D eigenvalue weighted by Gasteiger charge is 2.37. The standard InChI is InChI=1S/C16H13ClFN3O2/c17-7-3-11(18)14(20-6-7)10-5-12(16(19)22)21-15-9(10)4-8-1-2-13(15)23-8/h3,5-6,8,13H,1-2,4H2,(H2,19,22)/t8-,13+/m1/s1. The Bertz CT molecular complexity index is 827. The maximum atomic E-state index is 14.3. The molecule has 118 valence electrons. The Morgan fingerprint density at radius 3 is 2.96 bits per heavy atom. The van der Waals surface area contributed by atoms with Crippen LogP contribution in [0, 0.1) is 5.82 Å². The fourth-order valence-electron chi connectivity index (χ4n) is 3.31. The van der Waals surface area contributed by atoms with Gasteiger partial charge in [0.2, 0.25) is 0 Å². The summed E-state index contributed by atoms with van der Waals surface area (Å²) in [6.07, 6.45) is 3.69. The number of ether oxygens (including phenoxy) is 1. The number of amides is 1. The van der Waals surface area contributed by atoms with E-state index >= 15 is 0 Å². The second-order valence-electron chi connectivity index (χ2n) is 5.80. The fourth-order valence-corrected chi connectivity index (χ4v) is 3.45. The molecule has 1 amide bonds. The number of primary amides is 1. The lowest BCUT2D eigenvalue weighted by Gasteiger charge is -2.25. The molecule has 0 unspecified atom stereocenters. The number of carbonyl (C=O) groups excluding carboxylic acids is 1. The summed E-state index contributed by atoms with van der Waals surface area (Å²) in [5.41, 5.74) is 7.70. The number of nitrogens with two attached hydrogens (primary N) is 1. The van der Waals surface area contributed by atoms with Crippen molar-refractivity contribution in [1.29, 1.82) is 0 Å². The molecule has 0 aromatic carbocycles. The van der Waals surface area contributed by atoms with Crippen LogP contribution in [0.5, 0.6) is 0 Å². The van der Waals surface area contributed by atoms with Crippen LogP contribution in [0.3, 0.4) is 0 Å². The predicted octanol–water partition coefficient (Wildman–Crippen LogP) is 2.81. The van der Waals surface area contributed by atoms with Crippen molar-refractivity contribution >= 4 is 17.5 Å². The smallest absolute Gasteiger partial charge is 0.267 e. The van der Waals surface area contributed by atoms with Gasteiger partial charge in [0.25, 0.3) is 5.91 Å². The molecule has 0 aliphatic carbocycles. The van der Waals surface area contributed by atoms with E-state index in [0.29, 0.717) is 17.7 Å². The van der Waals surface area contributed by atoms with Gasteiger partial charge in [0.1, 0.15) is 17.5 Å². The molecule has 2 aromatic heterocycles. The van der Waals surface area contributed by atoms with E-state index in [4.69, 9.17) is 22.1 Å². The van der Waals surface area contributed by atoms with Crippen molar-refractivity contribution in [3.8, 4) is 11.3 Å². The zero-order valence-corrected chi connectivity index (χ0v) is 12.8. The average molecular weight is 334 g/mol. The molecule has 2 aliphatic rings. The monoisotopic (exact) mass is 333 g/mol. The number of pyridine rings is 2. The highest BCUT2D eigenvalue weighted by atomic mass is 35.5. The predicted molar refractivity (Wildman–Crippen MR) is 81.5 cm³/mol. The summed E-state index contributed by atoms with van der Waals surface area (Å²) in [6.45, 7) is 0. The molecule has 2 aliphatic heterocycles.